The van der Waals surface area contributed by atoms with Crippen molar-refractivity contribution in [3.8, 4) is 5.75 Å². The smallest absolute Gasteiger partial charge is 0.221 e. The van der Waals surface area contributed by atoms with Crippen molar-refractivity contribution >= 4 is 29.1 Å². The number of hydrogen-bond donors (Lipinski definition) is 3. The molecule has 0 aliphatic carbocycles. The second kappa shape index (κ2) is 7.16. The van der Waals surface area contributed by atoms with Crippen LogP contribution >= 0.6 is 23.2 Å². The first-order chi connectivity index (χ1) is 9.19. The number of nitrogens with one attached hydrogen (secondary N) is 2. The Morgan fingerprint density at radius 1 is 1.30 bits per heavy atom. The van der Waals surface area contributed by atoms with Gasteiger partial charge in [-0.1, -0.05) is 23.2 Å². The minimum absolute atomic E-state index is 0.0154. The first-order valence-electron chi connectivity index (χ1n) is 6.37. The molecule has 6 heteroatoms. The molecular weight excluding hydrogens is 299 g/mol. The molecule has 3 N–H and O–H groups in total. The van der Waals surface area contributed by atoms with Crippen molar-refractivity contribution in [2.75, 3.05) is 6.54 Å². The summed E-state index contributed by atoms with van der Waals surface area (Å²) in [6.07, 6.45) is 0.367. The Morgan fingerprint density at radius 2 is 1.95 bits per heavy atom. The number of phenols is 1. The van der Waals surface area contributed by atoms with Crippen LogP contribution in [0.3, 0.4) is 0 Å². The first kappa shape index (κ1) is 17.1. The molecule has 1 aromatic rings. The van der Waals surface area contributed by atoms with E-state index in [0.29, 0.717) is 30.1 Å². The summed E-state index contributed by atoms with van der Waals surface area (Å²) < 4.78 is 0. The van der Waals surface area contributed by atoms with Crippen LogP contribution in [-0.2, 0) is 11.3 Å². The quantitative estimate of drug-likeness (QED) is 0.731. The van der Waals surface area contributed by atoms with Crippen molar-refractivity contribution in [2.24, 2.45) is 0 Å². The number of hydrogen-bond acceptors (Lipinski definition) is 3. The predicted octanol–water partition coefficient (Wildman–Crippen LogP) is 3.09. The van der Waals surface area contributed by atoms with E-state index in [2.05, 4.69) is 10.6 Å². The Bertz CT molecular complexity index is 485. The van der Waals surface area contributed by atoms with Crippen LogP contribution in [0.2, 0.25) is 10.0 Å². The van der Waals surface area contributed by atoms with E-state index < -0.39 is 0 Å². The van der Waals surface area contributed by atoms with Crippen molar-refractivity contribution in [1.82, 2.24) is 10.6 Å². The molecule has 0 saturated carbocycles. The molecule has 0 atom stereocenters. The monoisotopic (exact) mass is 318 g/mol. The van der Waals surface area contributed by atoms with Crippen LogP contribution in [0, 0.1) is 0 Å². The lowest BCUT2D eigenvalue weighted by molar-refractivity contribution is -0.122. The van der Waals surface area contributed by atoms with E-state index >= 15 is 0 Å². The molecule has 1 rings (SSSR count). The van der Waals surface area contributed by atoms with Gasteiger partial charge in [0.15, 0.2) is 0 Å². The van der Waals surface area contributed by atoms with Crippen LogP contribution in [-0.4, -0.2) is 23.1 Å². The van der Waals surface area contributed by atoms with Gasteiger partial charge >= 0.3 is 0 Å². The maximum absolute atomic E-state index is 11.6. The minimum Gasteiger partial charge on any atom is -0.506 e. The van der Waals surface area contributed by atoms with Gasteiger partial charge in [0.25, 0.3) is 0 Å². The maximum Gasteiger partial charge on any atom is 0.221 e. The molecule has 0 radical (unpaired) electrons. The van der Waals surface area contributed by atoms with E-state index in [0.717, 1.165) is 0 Å². The van der Waals surface area contributed by atoms with Gasteiger partial charge in [-0.3, -0.25) is 4.79 Å². The summed E-state index contributed by atoms with van der Waals surface area (Å²) in [7, 11) is 0. The Hall–Kier alpha value is -0.970. The zero-order valence-electron chi connectivity index (χ0n) is 11.9. The SMILES string of the molecule is CC(C)(C)NC(=O)CCNCc1cc(Cl)cc(Cl)c1O. The van der Waals surface area contributed by atoms with Gasteiger partial charge in [-0.05, 0) is 32.9 Å². The molecule has 0 saturated heterocycles. The van der Waals surface area contributed by atoms with Crippen LogP contribution in [0.25, 0.3) is 0 Å². The third-order valence-corrected chi connectivity index (χ3v) is 2.97. The number of carbonyl (C=O) groups excluding carboxylic acids is 1. The number of aromatic hydroxyl groups is 1. The molecule has 0 aliphatic rings. The molecule has 112 valence electrons. The van der Waals surface area contributed by atoms with Crippen LogP contribution in [0.1, 0.15) is 32.8 Å². The zero-order valence-corrected chi connectivity index (χ0v) is 13.4. The summed E-state index contributed by atoms with van der Waals surface area (Å²) in [4.78, 5) is 11.6. The van der Waals surface area contributed by atoms with Crippen molar-refractivity contribution in [3.05, 3.63) is 27.7 Å². The van der Waals surface area contributed by atoms with Gasteiger partial charge in [-0.15, -0.1) is 0 Å². The number of rotatable bonds is 5. The summed E-state index contributed by atoms with van der Waals surface area (Å²) in [5, 5.41) is 16.4. The maximum atomic E-state index is 11.6. The van der Waals surface area contributed by atoms with Gasteiger partial charge in [0.1, 0.15) is 5.75 Å². The predicted molar refractivity (Wildman–Crippen MR) is 82.3 cm³/mol. The first-order valence-corrected chi connectivity index (χ1v) is 7.13. The largest absolute Gasteiger partial charge is 0.506 e. The third kappa shape index (κ3) is 5.99. The van der Waals surface area contributed by atoms with Gasteiger partial charge in [0, 0.05) is 35.6 Å². The molecule has 0 unspecified atom stereocenters. The fraction of sp³-hybridized carbons (Fsp3) is 0.500. The van der Waals surface area contributed by atoms with Crippen molar-refractivity contribution < 1.29 is 9.90 Å². The van der Waals surface area contributed by atoms with Crippen LogP contribution in [0.15, 0.2) is 12.1 Å². The number of halogens is 2. The van der Waals surface area contributed by atoms with Crippen molar-refractivity contribution in [2.45, 2.75) is 39.3 Å². The number of phenolic OH excluding ortho intramolecular Hbond substituents is 1. The van der Waals surface area contributed by atoms with Gasteiger partial charge in [0.2, 0.25) is 5.91 Å². The van der Waals surface area contributed by atoms with E-state index in [-0.39, 0.29) is 22.2 Å². The van der Waals surface area contributed by atoms with Gasteiger partial charge in [0.05, 0.1) is 5.02 Å². The van der Waals surface area contributed by atoms with Crippen LogP contribution < -0.4 is 10.6 Å². The molecule has 4 nitrogen and oxygen atoms in total. The average molecular weight is 319 g/mol. The van der Waals surface area contributed by atoms with Gasteiger partial charge < -0.3 is 15.7 Å². The minimum atomic E-state index is -0.226. The van der Waals surface area contributed by atoms with E-state index in [1.54, 1.807) is 6.07 Å². The molecule has 0 bridgehead atoms. The summed E-state index contributed by atoms with van der Waals surface area (Å²) in [5.41, 5.74) is 0.384. The van der Waals surface area contributed by atoms with Crippen molar-refractivity contribution in [3.63, 3.8) is 0 Å². The zero-order chi connectivity index (χ0) is 15.3. The topological polar surface area (TPSA) is 61.4 Å². The molecule has 0 spiro atoms. The van der Waals surface area contributed by atoms with Gasteiger partial charge in [-0.2, -0.15) is 0 Å². The Morgan fingerprint density at radius 3 is 2.55 bits per heavy atom. The summed E-state index contributed by atoms with van der Waals surface area (Å²) >= 11 is 11.7. The Balaban J connectivity index is 2.40. The standard InChI is InChI=1S/C14H20Cl2N2O2/c1-14(2,3)18-12(19)4-5-17-8-9-6-10(15)7-11(16)13(9)20/h6-7,17,20H,4-5,8H2,1-3H3,(H,18,19). The second-order valence-electron chi connectivity index (χ2n) is 5.62. The highest BCUT2D eigenvalue weighted by molar-refractivity contribution is 6.35. The summed E-state index contributed by atoms with van der Waals surface area (Å²) in [5.74, 6) is 0.000980. The summed E-state index contributed by atoms with van der Waals surface area (Å²) in [6, 6.07) is 3.13. The van der Waals surface area contributed by atoms with E-state index in [1.807, 2.05) is 20.8 Å². The Labute approximate surface area is 129 Å². The molecule has 1 amide bonds. The van der Waals surface area contributed by atoms with Crippen LogP contribution in [0.5, 0.6) is 5.75 Å². The summed E-state index contributed by atoms with van der Waals surface area (Å²) in [6.45, 7) is 6.71. The van der Waals surface area contributed by atoms with E-state index in [4.69, 9.17) is 23.2 Å². The molecule has 0 heterocycles. The molecule has 1 aromatic carbocycles. The fourth-order valence-corrected chi connectivity index (χ4v) is 2.20. The normalized spacial score (nSPS) is 11.4. The molecule has 20 heavy (non-hydrogen) atoms. The second-order valence-corrected chi connectivity index (χ2v) is 6.46. The van der Waals surface area contributed by atoms with E-state index in [1.165, 1.54) is 6.07 Å². The number of benzene rings is 1. The third-order valence-electron chi connectivity index (χ3n) is 2.47. The highest BCUT2D eigenvalue weighted by atomic mass is 35.5. The van der Waals surface area contributed by atoms with Crippen LogP contribution in [0.4, 0.5) is 0 Å². The van der Waals surface area contributed by atoms with Crippen molar-refractivity contribution in [1.29, 1.82) is 0 Å². The molecular formula is C14H20Cl2N2O2. The Kier molecular flexibility index (Phi) is 6.11. The lowest BCUT2D eigenvalue weighted by Crippen LogP contribution is -2.41. The lowest BCUT2D eigenvalue weighted by Gasteiger charge is -2.20. The highest BCUT2D eigenvalue weighted by Gasteiger charge is 2.13. The van der Waals surface area contributed by atoms with E-state index in [9.17, 15) is 9.90 Å². The average Bonchev–Trinajstić information content (AvgIpc) is 2.28. The molecule has 0 aliphatic heterocycles. The molecule has 0 fully saturated rings. The fourth-order valence-electron chi connectivity index (χ4n) is 1.66. The lowest BCUT2D eigenvalue weighted by atomic mass is 10.1. The highest BCUT2D eigenvalue weighted by Crippen LogP contribution is 2.30. The molecule has 0 aromatic heterocycles. The number of carbonyl (C=O) groups is 1. The van der Waals surface area contributed by atoms with Gasteiger partial charge in [-0.25, -0.2) is 0 Å². The number of amides is 1.